The molecule has 0 aliphatic carbocycles. The van der Waals surface area contributed by atoms with Gasteiger partial charge < -0.3 is 4.74 Å². The standard InChI is InChI=1S/C18H17N5OS2/c1-12-8-13(2)23-17(19-12)21-18(22-23)26-11-14-10-25-16(20-14)9-24-15-6-4-3-5-7-15/h3-8,10H,9,11H2,1-2H3. The number of benzene rings is 1. The highest BCUT2D eigenvalue weighted by atomic mass is 32.2. The molecule has 0 unspecified atom stereocenters. The van der Waals surface area contributed by atoms with E-state index in [1.54, 1.807) is 27.6 Å². The van der Waals surface area contributed by atoms with Crippen molar-refractivity contribution in [1.29, 1.82) is 0 Å². The Morgan fingerprint density at radius 3 is 2.81 bits per heavy atom. The zero-order chi connectivity index (χ0) is 17.9. The van der Waals surface area contributed by atoms with Crippen molar-refractivity contribution >= 4 is 28.9 Å². The second-order valence-corrected chi connectivity index (χ2v) is 7.65. The van der Waals surface area contributed by atoms with E-state index in [1.807, 2.05) is 50.2 Å². The summed E-state index contributed by atoms with van der Waals surface area (Å²) in [5.41, 5.74) is 2.98. The summed E-state index contributed by atoms with van der Waals surface area (Å²) in [6.07, 6.45) is 0. The number of ether oxygens (including phenoxy) is 1. The predicted molar refractivity (Wildman–Crippen MR) is 103 cm³/mol. The molecule has 0 saturated carbocycles. The maximum Gasteiger partial charge on any atom is 0.253 e. The number of hydrogen-bond donors (Lipinski definition) is 0. The Balaban J connectivity index is 1.38. The van der Waals surface area contributed by atoms with Crippen LogP contribution in [0.25, 0.3) is 5.78 Å². The number of thioether (sulfide) groups is 1. The summed E-state index contributed by atoms with van der Waals surface area (Å²) in [7, 11) is 0. The monoisotopic (exact) mass is 383 g/mol. The average Bonchev–Trinajstić information content (AvgIpc) is 3.25. The Morgan fingerprint density at radius 2 is 1.96 bits per heavy atom. The Morgan fingerprint density at radius 1 is 1.12 bits per heavy atom. The maximum atomic E-state index is 5.74. The van der Waals surface area contributed by atoms with Crippen molar-refractivity contribution in [2.24, 2.45) is 0 Å². The van der Waals surface area contributed by atoms with Gasteiger partial charge in [0.05, 0.1) is 5.69 Å². The number of hydrogen-bond acceptors (Lipinski definition) is 7. The van der Waals surface area contributed by atoms with Crippen molar-refractivity contribution in [3.63, 3.8) is 0 Å². The summed E-state index contributed by atoms with van der Waals surface area (Å²) in [6.45, 7) is 4.45. The molecule has 132 valence electrons. The second-order valence-electron chi connectivity index (χ2n) is 5.77. The van der Waals surface area contributed by atoms with Gasteiger partial charge >= 0.3 is 0 Å². The molecule has 0 fully saturated rings. The largest absolute Gasteiger partial charge is 0.486 e. The normalized spacial score (nSPS) is 11.2. The van der Waals surface area contributed by atoms with Crippen molar-refractivity contribution in [2.75, 3.05) is 0 Å². The Hall–Kier alpha value is -2.45. The maximum absolute atomic E-state index is 5.74. The first-order valence-electron chi connectivity index (χ1n) is 8.12. The molecule has 3 aromatic heterocycles. The van der Waals surface area contributed by atoms with E-state index >= 15 is 0 Å². The summed E-state index contributed by atoms with van der Waals surface area (Å²) < 4.78 is 7.51. The Labute approximate surface area is 159 Å². The minimum atomic E-state index is 0.481. The highest BCUT2D eigenvalue weighted by Gasteiger charge is 2.10. The lowest BCUT2D eigenvalue weighted by Crippen LogP contribution is -1.97. The molecule has 0 radical (unpaired) electrons. The van der Waals surface area contributed by atoms with Crippen LogP contribution in [0.3, 0.4) is 0 Å². The molecule has 4 rings (SSSR count). The van der Waals surface area contributed by atoms with Gasteiger partial charge in [-0.25, -0.2) is 14.5 Å². The molecule has 0 amide bonds. The van der Waals surface area contributed by atoms with Crippen LogP contribution >= 0.6 is 23.1 Å². The van der Waals surface area contributed by atoms with Crippen LogP contribution in [0.4, 0.5) is 0 Å². The fourth-order valence-electron chi connectivity index (χ4n) is 2.49. The number of para-hydroxylation sites is 1. The van der Waals surface area contributed by atoms with E-state index in [1.165, 1.54) is 0 Å². The van der Waals surface area contributed by atoms with Crippen LogP contribution in [0, 0.1) is 13.8 Å². The minimum absolute atomic E-state index is 0.481. The van der Waals surface area contributed by atoms with E-state index in [0.717, 1.165) is 33.6 Å². The van der Waals surface area contributed by atoms with Gasteiger partial charge in [0.2, 0.25) is 5.16 Å². The van der Waals surface area contributed by atoms with E-state index in [9.17, 15) is 0 Å². The van der Waals surface area contributed by atoms with E-state index in [0.29, 0.717) is 17.5 Å². The number of aryl methyl sites for hydroxylation is 2. The van der Waals surface area contributed by atoms with Crippen LogP contribution in [0.15, 0.2) is 46.9 Å². The molecular formula is C18H17N5OS2. The van der Waals surface area contributed by atoms with Gasteiger partial charge in [0, 0.05) is 22.5 Å². The van der Waals surface area contributed by atoms with Crippen molar-refractivity contribution in [1.82, 2.24) is 24.6 Å². The van der Waals surface area contributed by atoms with Gasteiger partial charge in [-0.05, 0) is 32.0 Å². The molecule has 0 spiro atoms. The molecule has 0 aliphatic heterocycles. The van der Waals surface area contributed by atoms with Crippen molar-refractivity contribution < 1.29 is 4.74 Å². The van der Waals surface area contributed by atoms with Crippen molar-refractivity contribution in [2.45, 2.75) is 31.4 Å². The molecule has 6 nitrogen and oxygen atoms in total. The van der Waals surface area contributed by atoms with Crippen molar-refractivity contribution in [3.05, 3.63) is 63.9 Å². The van der Waals surface area contributed by atoms with Crippen LogP contribution in [-0.4, -0.2) is 24.6 Å². The third-order valence-corrected chi connectivity index (χ3v) is 5.40. The summed E-state index contributed by atoms with van der Waals surface area (Å²) in [5.74, 6) is 2.21. The summed E-state index contributed by atoms with van der Waals surface area (Å²) in [5, 5.41) is 8.23. The number of rotatable bonds is 6. The quantitative estimate of drug-likeness (QED) is 0.468. The highest BCUT2D eigenvalue weighted by Crippen LogP contribution is 2.22. The average molecular weight is 384 g/mol. The third kappa shape index (κ3) is 3.86. The molecule has 4 aromatic rings. The number of thiazole rings is 1. The smallest absolute Gasteiger partial charge is 0.253 e. The first-order valence-corrected chi connectivity index (χ1v) is 9.99. The molecule has 3 heterocycles. The second kappa shape index (κ2) is 7.43. The SMILES string of the molecule is Cc1cc(C)n2nc(SCc3csc(COc4ccccc4)n3)nc2n1. The minimum Gasteiger partial charge on any atom is -0.486 e. The molecule has 0 saturated heterocycles. The topological polar surface area (TPSA) is 65.2 Å². The fourth-order valence-corrected chi connectivity index (χ4v) is 4.01. The van der Waals surface area contributed by atoms with E-state index < -0.39 is 0 Å². The van der Waals surface area contributed by atoms with Crippen LogP contribution in [0.2, 0.25) is 0 Å². The molecule has 0 N–H and O–H groups in total. The lowest BCUT2D eigenvalue weighted by molar-refractivity contribution is 0.305. The molecule has 0 aliphatic rings. The van der Waals surface area contributed by atoms with Crippen LogP contribution in [-0.2, 0) is 12.4 Å². The van der Waals surface area contributed by atoms with Gasteiger partial charge in [0.1, 0.15) is 17.4 Å². The number of aromatic nitrogens is 5. The van der Waals surface area contributed by atoms with Crippen molar-refractivity contribution in [3.8, 4) is 5.75 Å². The molecule has 1 aromatic carbocycles. The van der Waals surface area contributed by atoms with E-state index in [-0.39, 0.29) is 0 Å². The Bertz CT molecular complexity index is 1030. The lowest BCUT2D eigenvalue weighted by atomic mass is 10.3. The molecule has 0 bridgehead atoms. The highest BCUT2D eigenvalue weighted by molar-refractivity contribution is 7.98. The fraction of sp³-hybridized carbons (Fsp3) is 0.222. The number of fused-ring (bicyclic) bond motifs is 1. The van der Waals surface area contributed by atoms with Gasteiger partial charge in [0.15, 0.2) is 0 Å². The van der Waals surface area contributed by atoms with Crippen LogP contribution in [0.1, 0.15) is 22.1 Å². The zero-order valence-corrected chi connectivity index (χ0v) is 16.0. The zero-order valence-electron chi connectivity index (χ0n) is 14.4. The molecular weight excluding hydrogens is 366 g/mol. The molecule has 8 heteroatoms. The van der Waals surface area contributed by atoms with Gasteiger partial charge in [-0.1, -0.05) is 30.0 Å². The van der Waals surface area contributed by atoms with Gasteiger partial charge in [-0.15, -0.1) is 16.4 Å². The predicted octanol–water partition coefficient (Wildman–Crippen LogP) is 4.07. The van der Waals surface area contributed by atoms with Crippen LogP contribution < -0.4 is 4.74 Å². The molecule has 0 atom stereocenters. The lowest BCUT2D eigenvalue weighted by Gasteiger charge is -2.02. The third-order valence-electron chi connectivity index (χ3n) is 3.65. The van der Waals surface area contributed by atoms with E-state index in [2.05, 4.69) is 25.4 Å². The van der Waals surface area contributed by atoms with E-state index in [4.69, 9.17) is 4.74 Å². The van der Waals surface area contributed by atoms with Gasteiger partial charge in [-0.3, -0.25) is 0 Å². The molecule has 26 heavy (non-hydrogen) atoms. The first kappa shape index (κ1) is 17.0. The Kier molecular flexibility index (Phi) is 4.85. The van der Waals surface area contributed by atoms with Crippen LogP contribution in [0.5, 0.6) is 5.75 Å². The first-order chi connectivity index (χ1) is 12.7. The van der Waals surface area contributed by atoms with Gasteiger partial charge in [-0.2, -0.15) is 4.98 Å². The van der Waals surface area contributed by atoms with Gasteiger partial charge in [0.25, 0.3) is 5.78 Å². The number of nitrogens with zero attached hydrogens (tertiary/aromatic N) is 5. The summed E-state index contributed by atoms with van der Waals surface area (Å²) in [6, 6.07) is 11.8. The summed E-state index contributed by atoms with van der Waals surface area (Å²) >= 11 is 3.17. The summed E-state index contributed by atoms with van der Waals surface area (Å²) in [4.78, 5) is 13.5.